The molecule has 0 saturated carbocycles. The highest BCUT2D eigenvalue weighted by molar-refractivity contribution is 5.60. The van der Waals surface area contributed by atoms with Crippen LogP contribution in [0.5, 0.6) is 0 Å². The number of nitrogen functional groups attached to an aromatic ring is 1. The Morgan fingerprint density at radius 2 is 2.18 bits per heavy atom. The van der Waals surface area contributed by atoms with Crippen LogP contribution in [0.15, 0.2) is 30.6 Å². The third kappa shape index (κ3) is 3.04. The fourth-order valence-corrected chi connectivity index (χ4v) is 1.51. The van der Waals surface area contributed by atoms with Gasteiger partial charge in [0.2, 0.25) is 0 Å². The van der Waals surface area contributed by atoms with E-state index < -0.39 is 0 Å². The molecule has 1 aromatic carbocycles. The molecule has 0 spiro atoms. The van der Waals surface area contributed by atoms with Crippen molar-refractivity contribution < 1.29 is 0 Å². The Morgan fingerprint density at radius 1 is 1.35 bits per heavy atom. The maximum atomic E-state index is 5.73. The van der Waals surface area contributed by atoms with Crippen LogP contribution in [0.25, 0.3) is 11.4 Å². The molecule has 1 aromatic heterocycles. The van der Waals surface area contributed by atoms with E-state index in [0.717, 1.165) is 30.2 Å². The van der Waals surface area contributed by atoms with Gasteiger partial charge in [-0.1, -0.05) is 12.1 Å². The van der Waals surface area contributed by atoms with Crippen LogP contribution in [0, 0.1) is 0 Å². The molecule has 1 heterocycles. The smallest absolute Gasteiger partial charge is 0.181 e. The fraction of sp³-hybridized carbons (Fsp3) is 0.333. The molecule has 5 heteroatoms. The Morgan fingerprint density at radius 3 is 2.88 bits per heavy atom. The lowest BCUT2D eigenvalue weighted by molar-refractivity contribution is 0.373. The molecule has 90 valence electrons. The summed E-state index contributed by atoms with van der Waals surface area (Å²) in [5.41, 5.74) is 7.41. The van der Waals surface area contributed by atoms with Gasteiger partial charge in [-0.3, -0.25) is 4.68 Å². The quantitative estimate of drug-likeness (QED) is 0.800. The zero-order chi connectivity index (χ0) is 12.3. The lowest BCUT2D eigenvalue weighted by Crippen LogP contribution is -2.18. The van der Waals surface area contributed by atoms with Crippen LogP contribution in [0.1, 0.15) is 0 Å². The van der Waals surface area contributed by atoms with Crippen molar-refractivity contribution in [3.63, 3.8) is 0 Å². The molecule has 0 atom stereocenters. The first-order valence-corrected chi connectivity index (χ1v) is 5.55. The summed E-state index contributed by atoms with van der Waals surface area (Å²) in [5, 5.41) is 4.42. The second kappa shape index (κ2) is 4.97. The van der Waals surface area contributed by atoms with Crippen LogP contribution in [0.3, 0.4) is 0 Å². The minimum absolute atomic E-state index is 0.719. The summed E-state index contributed by atoms with van der Waals surface area (Å²) in [6.07, 6.45) is 1.75. The molecule has 0 aliphatic heterocycles. The number of anilines is 1. The van der Waals surface area contributed by atoms with Crippen LogP contribution in [-0.4, -0.2) is 40.3 Å². The average Bonchev–Trinajstić information content (AvgIpc) is 2.75. The molecule has 17 heavy (non-hydrogen) atoms. The SMILES string of the molecule is CN(C)CCn1cnc(-c2cccc(N)c2)n1. The molecule has 0 aliphatic rings. The molecule has 5 nitrogen and oxygen atoms in total. The van der Waals surface area contributed by atoms with E-state index in [1.807, 2.05) is 43.0 Å². The third-order valence-corrected chi connectivity index (χ3v) is 2.46. The Balaban J connectivity index is 2.12. The molecular weight excluding hydrogens is 214 g/mol. The van der Waals surface area contributed by atoms with Gasteiger partial charge in [0.1, 0.15) is 6.33 Å². The van der Waals surface area contributed by atoms with Gasteiger partial charge in [0, 0.05) is 17.8 Å². The first-order chi connectivity index (χ1) is 8.15. The van der Waals surface area contributed by atoms with E-state index in [1.54, 1.807) is 6.33 Å². The highest BCUT2D eigenvalue weighted by Gasteiger charge is 2.04. The van der Waals surface area contributed by atoms with Crippen molar-refractivity contribution in [2.24, 2.45) is 0 Å². The van der Waals surface area contributed by atoms with Gasteiger partial charge in [-0.05, 0) is 26.2 Å². The molecular formula is C12H17N5. The average molecular weight is 231 g/mol. The normalized spacial score (nSPS) is 11.0. The maximum Gasteiger partial charge on any atom is 0.181 e. The number of likely N-dealkylation sites (N-methyl/N-ethyl adjacent to an activating group) is 1. The minimum atomic E-state index is 0.719. The van der Waals surface area contributed by atoms with E-state index >= 15 is 0 Å². The molecule has 0 radical (unpaired) electrons. The molecule has 0 bridgehead atoms. The first-order valence-electron chi connectivity index (χ1n) is 5.55. The summed E-state index contributed by atoms with van der Waals surface area (Å²) in [6, 6.07) is 7.60. The molecule has 0 unspecified atom stereocenters. The van der Waals surface area contributed by atoms with E-state index in [1.165, 1.54) is 0 Å². The lowest BCUT2D eigenvalue weighted by atomic mass is 10.2. The Kier molecular flexibility index (Phi) is 3.39. The topological polar surface area (TPSA) is 60.0 Å². The Bertz CT molecular complexity index is 489. The molecule has 0 aliphatic carbocycles. The molecule has 2 aromatic rings. The number of aromatic nitrogens is 3. The predicted molar refractivity (Wildman–Crippen MR) is 68.4 cm³/mol. The summed E-state index contributed by atoms with van der Waals surface area (Å²) in [4.78, 5) is 6.40. The third-order valence-electron chi connectivity index (χ3n) is 2.46. The number of nitrogens with zero attached hydrogens (tertiary/aromatic N) is 4. The van der Waals surface area contributed by atoms with Crippen molar-refractivity contribution >= 4 is 5.69 Å². The number of nitrogens with two attached hydrogens (primary N) is 1. The second-order valence-electron chi connectivity index (χ2n) is 4.26. The van der Waals surface area contributed by atoms with Crippen molar-refractivity contribution in [1.82, 2.24) is 19.7 Å². The van der Waals surface area contributed by atoms with Crippen LogP contribution in [0.4, 0.5) is 5.69 Å². The van der Waals surface area contributed by atoms with E-state index in [0.29, 0.717) is 0 Å². The Labute approximate surface area is 101 Å². The van der Waals surface area contributed by atoms with Crippen molar-refractivity contribution in [2.45, 2.75) is 6.54 Å². The minimum Gasteiger partial charge on any atom is -0.399 e. The summed E-state index contributed by atoms with van der Waals surface area (Å²) >= 11 is 0. The van der Waals surface area contributed by atoms with Crippen molar-refractivity contribution in [2.75, 3.05) is 26.4 Å². The standard InChI is InChI=1S/C12H17N5/c1-16(2)6-7-17-9-14-12(15-17)10-4-3-5-11(13)8-10/h3-5,8-9H,6-7,13H2,1-2H3. The van der Waals surface area contributed by atoms with Gasteiger partial charge in [0.05, 0.1) is 6.54 Å². The van der Waals surface area contributed by atoms with Gasteiger partial charge in [-0.25, -0.2) is 4.98 Å². The van der Waals surface area contributed by atoms with Crippen molar-refractivity contribution in [3.8, 4) is 11.4 Å². The van der Waals surface area contributed by atoms with Gasteiger partial charge in [0.15, 0.2) is 5.82 Å². The zero-order valence-electron chi connectivity index (χ0n) is 10.2. The van der Waals surface area contributed by atoms with Crippen LogP contribution >= 0.6 is 0 Å². The Hall–Kier alpha value is -1.88. The summed E-state index contributed by atoms with van der Waals surface area (Å²) in [7, 11) is 4.07. The molecule has 0 fully saturated rings. The van der Waals surface area contributed by atoms with Gasteiger partial charge in [-0.15, -0.1) is 0 Å². The zero-order valence-corrected chi connectivity index (χ0v) is 10.2. The van der Waals surface area contributed by atoms with Crippen molar-refractivity contribution in [3.05, 3.63) is 30.6 Å². The largest absolute Gasteiger partial charge is 0.399 e. The molecule has 2 rings (SSSR count). The van der Waals surface area contributed by atoms with Crippen molar-refractivity contribution in [1.29, 1.82) is 0 Å². The van der Waals surface area contributed by atoms with E-state index in [4.69, 9.17) is 5.73 Å². The van der Waals surface area contributed by atoms with Crippen LogP contribution in [0.2, 0.25) is 0 Å². The molecule has 0 amide bonds. The van der Waals surface area contributed by atoms with E-state index in [-0.39, 0.29) is 0 Å². The number of rotatable bonds is 4. The van der Waals surface area contributed by atoms with Crippen LogP contribution in [-0.2, 0) is 6.54 Å². The maximum absolute atomic E-state index is 5.73. The molecule has 2 N–H and O–H groups in total. The molecule has 0 saturated heterocycles. The lowest BCUT2D eigenvalue weighted by Gasteiger charge is -2.08. The summed E-state index contributed by atoms with van der Waals surface area (Å²) < 4.78 is 1.85. The second-order valence-corrected chi connectivity index (χ2v) is 4.26. The predicted octanol–water partition coefficient (Wildman–Crippen LogP) is 1.09. The van der Waals surface area contributed by atoms with E-state index in [2.05, 4.69) is 15.0 Å². The summed E-state index contributed by atoms with van der Waals surface area (Å²) in [6.45, 7) is 1.78. The highest BCUT2D eigenvalue weighted by atomic mass is 15.3. The van der Waals surface area contributed by atoms with Gasteiger partial charge in [-0.2, -0.15) is 5.10 Å². The summed E-state index contributed by atoms with van der Waals surface area (Å²) in [5.74, 6) is 0.719. The fourth-order valence-electron chi connectivity index (χ4n) is 1.51. The monoisotopic (exact) mass is 231 g/mol. The van der Waals surface area contributed by atoms with E-state index in [9.17, 15) is 0 Å². The van der Waals surface area contributed by atoms with Gasteiger partial charge >= 0.3 is 0 Å². The highest BCUT2D eigenvalue weighted by Crippen LogP contribution is 2.16. The first kappa shape index (κ1) is 11.6. The van der Waals surface area contributed by atoms with Gasteiger partial charge in [0.25, 0.3) is 0 Å². The number of benzene rings is 1. The number of hydrogen-bond acceptors (Lipinski definition) is 4. The van der Waals surface area contributed by atoms with Gasteiger partial charge < -0.3 is 10.6 Å². The van der Waals surface area contributed by atoms with Crippen LogP contribution < -0.4 is 5.73 Å². The number of hydrogen-bond donors (Lipinski definition) is 1.